The van der Waals surface area contributed by atoms with E-state index in [0.29, 0.717) is 39.3 Å². The predicted octanol–water partition coefficient (Wildman–Crippen LogP) is 3.36. The molecule has 1 aromatic rings. The van der Waals surface area contributed by atoms with Gasteiger partial charge in [-0.3, -0.25) is 4.99 Å². The Bertz CT molecular complexity index is 507. The highest BCUT2D eigenvalue weighted by Crippen LogP contribution is 2.16. The summed E-state index contributed by atoms with van der Waals surface area (Å²) in [7, 11) is 1.65. The van der Waals surface area contributed by atoms with Gasteiger partial charge >= 0.3 is 0 Å². The van der Waals surface area contributed by atoms with Crippen LogP contribution in [0.15, 0.2) is 27.7 Å². The number of hydrogen-bond acceptors (Lipinski definition) is 3. The summed E-state index contributed by atoms with van der Waals surface area (Å²) in [5, 5.41) is 6.39. The second-order valence-corrected chi connectivity index (χ2v) is 6.05. The van der Waals surface area contributed by atoms with Crippen LogP contribution in [0.25, 0.3) is 0 Å². The first-order valence-corrected chi connectivity index (χ1v) is 8.99. The minimum absolute atomic E-state index is 0. The van der Waals surface area contributed by atoms with Gasteiger partial charge in [-0.05, 0) is 37.5 Å². The van der Waals surface area contributed by atoms with Gasteiger partial charge in [-0.15, -0.1) is 24.0 Å². The maximum atomic E-state index is 13.7. The van der Waals surface area contributed by atoms with Gasteiger partial charge in [-0.1, -0.05) is 22.0 Å². The molecule has 0 amide bonds. The van der Waals surface area contributed by atoms with E-state index in [1.165, 1.54) is 6.07 Å². The molecule has 0 aliphatic heterocycles. The van der Waals surface area contributed by atoms with Crippen LogP contribution in [0.4, 0.5) is 4.39 Å². The minimum Gasteiger partial charge on any atom is -0.382 e. The highest BCUT2D eigenvalue weighted by atomic mass is 127. The average molecular weight is 532 g/mol. The zero-order valence-electron chi connectivity index (χ0n) is 14.8. The van der Waals surface area contributed by atoms with Crippen molar-refractivity contribution in [3.63, 3.8) is 0 Å². The van der Waals surface area contributed by atoms with Crippen molar-refractivity contribution in [1.29, 1.82) is 0 Å². The number of aryl methyl sites for hydroxylation is 1. The Kier molecular flexibility index (Phi) is 15.5. The third kappa shape index (κ3) is 11.7. The van der Waals surface area contributed by atoms with Gasteiger partial charge in [0.15, 0.2) is 5.96 Å². The molecule has 25 heavy (non-hydrogen) atoms. The molecule has 0 heterocycles. The van der Waals surface area contributed by atoms with Gasteiger partial charge in [-0.2, -0.15) is 0 Å². The molecule has 144 valence electrons. The van der Waals surface area contributed by atoms with E-state index in [4.69, 9.17) is 9.47 Å². The van der Waals surface area contributed by atoms with Crippen molar-refractivity contribution in [2.24, 2.45) is 4.99 Å². The van der Waals surface area contributed by atoms with Crippen molar-refractivity contribution in [2.75, 3.05) is 46.6 Å². The number of methoxy groups -OCH3 is 1. The summed E-state index contributed by atoms with van der Waals surface area (Å²) in [5.74, 6) is 0.579. The molecule has 0 aliphatic carbocycles. The number of guanidine groups is 1. The van der Waals surface area contributed by atoms with Gasteiger partial charge in [0.25, 0.3) is 0 Å². The molecule has 0 saturated carbocycles. The molecule has 0 radical (unpaired) electrons. The molecule has 0 bridgehead atoms. The molecule has 2 N–H and O–H groups in total. The van der Waals surface area contributed by atoms with E-state index in [1.807, 2.05) is 19.1 Å². The van der Waals surface area contributed by atoms with Crippen molar-refractivity contribution >= 4 is 45.9 Å². The van der Waals surface area contributed by atoms with Crippen LogP contribution in [-0.2, 0) is 15.9 Å². The molecular weight excluding hydrogens is 504 g/mol. The first kappa shape index (κ1) is 24.6. The smallest absolute Gasteiger partial charge is 0.191 e. The molecule has 0 saturated heterocycles. The van der Waals surface area contributed by atoms with Gasteiger partial charge in [0.05, 0.1) is 19.8 Å². The summed E-state index contributed by atoms with van der Waals surface area (Å²) in [6.45, 7) is 5.90. The lowest BCUT2D eigenvalue weighted by atomic mass is 10.1. The molecule has 8 heteroatoms. The summed E-state index contributed by atoms with van der Waals surface area (Å²) < 4.78 is 24.8. The van der Waals surface area contributed by atoms with Gasteiger partial charge in [0.1, 0.15) is 5.82 Å². The molecule has 0 aromatic heterocycles. The number of nitrogens with zero attached hydrogens (tertiary/aromatic N) is 1. The number of halogens is 3. The Hall–Kier alpha value is -0.450. The van der Waals surface area contributed by atoms with Gasteiger partial charge < -0.3 is 20.1 Å². The highest BCUT2D eigenvalue weighted by molar-refractivity contribution is 14.0. The maximum Gasteiger partial charge on any atom is 0.191 e. The van der Waals surface area contributed by atoms with E-state index in [0.717, 1.165) is 29.0 Å². The summed E-state index contributed by atoms with van der Waals surface area (Å²) >= 11 is 3.26. The van der Waals surface area contributed by atoms with E-state index in [9.17, 15) is 4.39 Å². The van der Waals surface area contributed by atoms with E-state index >= 15 is 0 Å². The fourth-order valence-electron chi connectivity index (χ4n) is 2.01. The second kappa shape index (κ2) is 15.8. The molecule has 1 rings (SSSR count). The van der Waals surface area contributed by atoms with Crippen LogP contribution >= 0.6 is 39.9 Å². The number of aliphatic imine (C=N–C) groups is 1. The van der Waals surface area contributed by atoms with Crippen LogP contribution in [0, 0.1) is 5.82 Å². The third-order valence-electron chi connectivity index (χ3n) is 3.20. The largest absolute Gasteiger partial charge is 0.382 e. The minimum atomic E-state index is -0.174. The lowest BCUT2D eigenvalue weighted by Crippen LogP contribution is -2.39. The first-order valence-electron chi connectivity index (χ1n) is 8.20. The molecule has 0 fully saturated rings. The van der Waals surface area contributed by atoms with Crippen LogP contribution in [-0.4, -0.2) is 52.5 Å². The zero-order valence-corrected chi connectivity index (χ0v) is 18.7. The van der Waals surface area contributed by atoms with Crippen LogP contribution in [0.1, 0.15) is 18.9 Å². The molecule has 5 nitrogen and oxygen atoms in total. The van der Waals surface area contributed by atoms with Crippen molar-refractivity contribution in [3.05, 3.63) is 34.1 Å². The van der Waals surface area contributed by atoms with Gasteiger partial charge in [0.2, 0.25) is 0 Å². The monoisotopic (exact) mass is 531 g/mol. The van der Waals surface area contributed by atoms with Crippen LogP contribution in [0.5, 0.6) is 0 Å². The molecule has 0 atom stereocenters. The molecule has 0 unspecified atom stereocenters. The SMILES string of the molecule is CCNC(=NCCCc1ccc(Br)cc1F)NCCOCCOC.I. The first-order chi connectivity index (χ1) is 11.7. The van der Waals surface area contributed by atoms with E-state index in [-0.39, 0.29) is 29.8 Å². The zero-order chi connectivity index (χ0) is 17.6. The highest BCUT2D eigenvalue weighted by Gasteiger charge is 2.02. The predicted molar refractivity (Wildman–Crippen MR) is 115 cm³/mol. The average Bonchev–Trinajstić information content (AvgIpc) is 2.56. The number of hydrogen-bond donors (Lipinski definition) is 2. The van der Waals surface area contributed by atoms with E-state index < -0.39 is 0 Å². The Morgan fingerprint density at radius 1 is 1.24 bits per heavy atom. The molecule has 0 spiro atoms. The van der Waals surface area contributed by atoms with Crippen molar-refractivity contribution in [1.82, 2.24) is 10.6 Å². The Balaban J connectivity index is 0.00000576. The quantitative estimate of drug-likeness (QED) is 0.199. The Morgan fingerprint density at radius 2 is 2.04 bits per heavy atom. The lowest BCUT2D eigenvalue weighted by molar-refractivity contribution is 0.0733. The number of ether oxygens (including phenoxy) is 2. The molecule has 0 aliphatic rings. The lowest BCUT2D eigenvalue weighted by Gasteiger charge is -2.11. The normalized spacial score (nSPS) is 11.1. The topological polar surface area (TPSA) is 54.9 Å². The maximum absolute atomic E-state index is 13.7. The van der Waals surface area contributed by atoms with Crippen molar-refractivity contribution in [3.8, 4) is 0 Å². The summed E-state index contributed by atoms with van der Waals surface area (Å²) in [6.07, 6.45) is 1.46. The third-order valence-corrected chi connectivity index (χ3v) is 3.70. The molecular formula is C17H28BrFIN3O2. The molecule has 1 aromatic carbocycles. The summed E-state index contributed by atoms with van der Waals surface area (Å²) in [6, 6.07) is 5.16. The standard InChI is InChI=1S/C17H27BrFN3O2.HI/c1-3-20-17(22-9-10-24-12-11-23-2)21-8-4-5-14-6-7-15(18)13-16(14)19;/h6-7,13H,3-5,8-12H2,1-2H3,(H2,20,21,22);1H. The second-order valence-electron chi connectivity index (χ2n) is 5.13. The van der Waals surface area contributed by atoms with Crippen LogP contribution < -0.4 is 10.6 Å². The van der Waals surface area contributed by atoms with E-state index in [2.05, 4.69) is 31.6 Å². The van der Waals surface area contributed by atoms with Crippen LogP contribution in [0.2, 0.25) is 0 Å². The number of benzene rings is 1. The fraction of sp³-hybridized carbons (Fsp3) is 0.588. The van der Waals surface area contributed by atoms with E-state index in [1.54, 1.807) is 7.11 Å². The number of nitrogens with one attached hydrogen (secondary N) is 2. The van der Waals surface area contributed by atoms with Crippen LogP contribution in [0.3, 0.4) is 0 Å². The Morgan fingerprint density at radius 3 is 2.72 bits per heavy atom. The van der Waals surface area contributed by atoms with Gasteiger partial charge in [0, 0.05) is 31.2 Å². The van der Waals surface area contributed by atoms with Crippen molar-refractivity contribution in [2.45, 2.75) is 19.8 Å². The Labute approximate surface area is 175 Å². The van der Waals surface area contributed by atoms with Gasteiger partial charge in [-0.25, -0.2) is 4.39 Å². The summed E-state index contributed by atoms with van der Waals surface area (Å²) in [5.41, 5.74) is 0.720. The summed E-state index contributed by atoms with van der Waals surface area (Å²) in [4.78, 5) is 4.49. The number of rotatable bonds is 11. The van der Waals surface area contributed by atoms with Crippen molar-refractivity contribution < 1.29 is 13.9 Å². The fourth-order valence-corrected chi connectivity index (χ4v) is 2.35.